The number of piperidine rings is 1. The molecule has 1 aromatic carbocycles. The smallest absolute Gasteiger partial charge is 0.255 e. The Bertz CT molecular complexity index is 979. The number of pyridine rings is 1. The molecule has 0 aliphatic carbocycles. The van der Waals surface area contributed by atoms with Crippen molar-refractivity contribution < 1.29 is 9.90 Å². The SMILES string of the molecule is CC(C)(O)c1cccc(-n2ccc3cc(C(=O)N4CCCCC4)cnc32)c1. The first kappa shape index (κ1) is 17.7. The van der Waals surface area contributed by atoms with Crippen LogP contribution in [0.4, 0.5) is 0 Å². The maximum Gasteiger partial charge on any atom is 0.255 e. The molecule has 1 amide bonds. The maximum absolute atomic E-state index is 12.7. The van der Waals surface area contributed by atoms with E-state index in [2.05, 4.69) is 4.98 Å². The molecule has 27 heavy (non-hydrogen) atoms. The lowest BCUT2D eigenvalue weighted by atomic mass is 9.98. The Balaban J connectivity index is 1.68. The van der Waals surface area contributed by atoms with Crippen molar-refractivity contribution in [2.45, 2.75) is 38.7 Å². The van der Waals surface area contributed by atoms with Gasteiger partial charge in [-0.2, -0.15) is 0 Å². The van der Waals surface area contributed by atoms with Crippen molar-refractivity contribution in [3.05, 3.63) is 59.9 Å². The van der Waals surface area contributed by atoms with Gasteiger partial charge in [0.2, 0.25) is 0 Å². The number of aliphatic hydroxyl groups is 1. The summed E-state index contributed by atoms with van der Waals surface area (Å²) in [7, 11) is 0. The molecular weight excluding hydrogens is 338 g/mol. The van der Waals surface area contributed by atoms with Crippen LogP contribution in [0.25, 0.3) is 16.7 Å². The normalized spacial score (nSPS) is 15.3. The second-order valence-corrected chi connectivity index (χ2v) is 7.78. The Labute approximate surface area is 159 Å². The Morgan fingerprint density at radius 3 is 2.63 bits per heavy atom. The van der Waals surface area contributed by atoms with Crippen molar-refractivity contribution in [3.8, 4) is 5.69 Å². The molecule has 1 N–H and O–H groups in total. The number of hydrogen-bond acceptors (Lipinski definition) is 3. The van der Waals surface area contributed by atoms with Crippen LogP contribution in [0.2, 0.25) is 0 Å². The van der Waals surface area contributed by atoms with Crippen LogP contribution < -0.4 is 0 Å². The maximum atomic E-state index is 12.7. The number of fused-ring (bicyclic) bond motifs is 1. The lowest BCUT2D eigenvalue weighted by Gasteiger charge is -2.26. The Morgan fingerprint density at radius 1 is 1.11 bits per heavy atom. The van der Waals surface area contributed by atoms with Gasteiger partial charge in [0.15, 0.2) is 0 Å². The first-order chi connectivity index (χ1) is 12.9. The highest BCUT2D eigenvalue weighted by Gasteiger charge is 2.20. The lowest BCUT2D eigenvalue weighted by Crippen LogP contribution is -2.35. The van der Waals surface area contributed by atoms with E-state index < -0.39 is 5.60 Å². The summed E-state index contributed by atoms with van der Waals surface area (Å²) in [5.41, 5.74) is 2.33. The minimum atomic E-state index is -0.902. The summed E-state index contributed by atoms with van der Waals surface area (Å²) < 4.78 is 1.99. The Hall–Kier alpha value is -2.66. The number of likely N-dealkylation sites (tertiary alicyclic amines) is 1. The van der Waals surface area contributed by atoms with Crippen molar-refractivity contribution in [3.63, 3.8) is 0 Å². The molecule has 4 rings (SSSR count). The van der Waals surface area contributed by atoms with Crippen LogP contribution in [0.3, 0.4) is 0 Å². The van der Waals surface area contributed by atoms with Gasteiger partial charge in [0.25, 0.3) is 5.91 Å². The van der Waals surface area contributed by atoms with Crippen LogP contribution >= 0.6 is 0 Å². The summed E-state index contributed by atoms with van der Waals surface area (Å²) in [5.74, 6) is 0.0703. The third-order valence-electron chi connectivity index (χ3n) is 5.25. The summed E-state index contributed by atoms with van der Waals surface area (Å²) in [5, 5.41) is 11.2. The van der Waals surface area contributed by atoms with Crippen molar-refractivity contribution in [2.75, 3.05) is 13.1 Å². The van der Waals surface area contributed by atoms with Gasteiger partial charge in [-0.25, -0.2) is 4.98 Å². The molecule has 0 spiro atoms. The molecule has 0 bridgehead atoms. The monoisotopic (exact) mass is 363 g/mol. The Morgan fingerprint density at radius 2 is 1.89 bits per heavy atom. The van der Waals surface area contributed by atoms with Crippen LogP contribution in [0.15, 0.2) is 48.8 Å². The van der Waals surface area contributed by atoms with Gasteiger partial charge in [0.05, 0.1) is 11.2 Å². The zero-order valence-electron chi connectivity index (χ0n) is 15.9. The molecule has 0 unspecified atom stereocenters. The van der Waals surface area contributed by atoms with Crippen molar-refractivity contribution >= 4 is 16.9 Å². The van der Waals surface area contributed by atoms with Crippen LogP contribution in [0.5, 0.6) is 0 Å². The molecule has 3 heterocycles. The molecule has 0 atom stereocenters. The summed E-state index contributed by atoms with van der Waals surface area (Å²) in [6.07, 6.45) is 6.99. The molecule has 2 aromatic heterocycles. The quantitative estimate of drug-likeness (QED) is 0.768. The van der Waals surface area contributed by atoms with E-state index in [0.717, 1.165) is 48.2 Å². The third-order valence-corrected chi connectivity index (χ3v) is 5.25. The predicted molar refractivity (Wildman–Crippen MR) is 106 cm³/mol. The third kappa shape index (κ3) is 3.47. The second kappa shape index (κ2) is 6.82. The van der Waals surface area contributed by atoms with E-state index in [-0.39, 0.29) is 5.91 Å². The van der Waals surface area contributed by atoms with E-state index >= 15 is 0 Å². The minimum absolute atomic E-state index is 0.0703. The fourth-order valence-electron chi connectivity index (χ4n) is 3.67. The van der Waals surface area contributed by atoms with Gasteiger partial charge >= 0.3 is 0 Å². The van der Waals surface area contributed by atoms with Gasteiger partial charge in [-0.3, -0.25) is 4.79 Å². The highest BCUT2D eigenvalue weighted by atomic mass is 16.3. The average Bonchev–Trinajstić information content (AvgIpc) is 3.11. The number of hydrogen-bond donors (Lipinski definition) is 1. The van der Waals surface area contributed by atoms with E-state index in [1.165, 1.54) is 6.42 Å². The summed E-state index contributed by atoms with van der Waals surface area (Å²) in [6, 6.07) is 11.7. The highest BCUT2D eigenvalue weighted by Crippen LogP contribution is 2.25. The topological polar surface area (TPSA) is 58.4 Å². The number of benzene rings is 1. The van der Waals surface area contributed by atoms with E-state index in [1.807, 2.05) is 52.1 Å². The minimum Gasteiger partial charge on any atom is -0.386 e. The number of amides is 1. The molecule has 5 heteroatoms. The zero-order chi connectivity index (χ0) is 19.0. The molecule has 0 saturated carbocycles. The number of carbonyl (C=O) groups excluding carboxylic acids is 1. The predicted octanol–water partition coefficient (Wildman–Crippen LogP) is 3.88. The molecular formula is C22H25N3O2. The zero-order valence-corrected chi connectivity index (χ0v) is 15.9. The first-order valence-corrected chi connectivity index (χ1v) is 9.53. The van der Waals surface area contributed by atoms with Gasteiger partial charge in [0.1, 0.15) is 5.65 Å². The van der Waals surface area contributed by atoms with Gasteiger partial charge < -0.3 is 14.6 Å². The highest BCUT2D eigenvalue weighted by molar-refractivity contribution is 5.97. The Kier molecular flexibility index (Phi) is 4.48. The van der Waals surface area contributed by atoms with E-state index in [1.54, 1.807) is 20.0 Å². The van der Waals surface area contributed by atoms with E-state index in [4.69, 9.17) is 0 Å². The van der Waals surface area contributed by atoms with Crippen LogP contribution in [0, 0.1) is 0 Å². The summed E-state index contributed by atoms with van der Waals surface area (Å²) >= 11 is 0. The molecule has 3 aromatic rings. The fraction of sp³-hybridized carbons (Fsp3) is 0.364. The number of carbonyl (C=O) groups is 1. The number of rotatable bonds is 3. The molecule has 1 saturated heterocycles. The molecule has 0 radical (unpaired) electrons. The van der Waals surface area contributed by atoms with E-state index in [0.29, 0.717) is 5.56 Å². The van der Waals surface area contributed by atoms with Crippen LogP contribution in [0.1, 0.15) is 49.0 Å². The summed E-state index contributed by atoms with van der Waals surface area (Å²) in [6.45, 7) is 5.22. The lowest BCUT2D eigenvalue weighted by molar-refractivity contribution is 0.0723. The van der Waals surface area contributed by atoms with Gasteiger partial charge in [-0.15, -0.1) is 0 Å². The van der Waals surface area contributed by atoms with Gasteiger partial charge in [0, 0.05) is 36.6 Å². The van der Waals surface area contributed by atoms with Crippen LogP contribution in [-0.4, -0.2) is 38.6 Å². The fourth-order valence-corrected chi connectivity index (χ4v) is 3.67. The molecule has 1 aliphatic rings. The van der Waals surface area contributed by atoms with Crippen LogP contribution in [-0.2, 0) is 5.60 Å². The van der Waals surface area contributed by atoms with E-state index in [9.17, 15) is 9.90 Å². The second-order valence-electron chi connectivity index (χ2n) is 7.78. The van der Waals surface area contributed by atoms with Gasteiger partial charge in [-0.1, -0.05) is 12.1 Å². The molecule has 140 valence electrons. The largest absolute Gasteiger partial charge is 0.386 e. The number of nitrogens with zero attached hydrogens (tertiary/aromatic N) is 3. The summed E-state index contributed by atoms with van der Waals surface area (Å²) in [4.78, 5) is 19.2. The number of aromatic nitrogens is 2. The average molecular weight is 363 g/mol. The van der Waals surface area contributed by atoms with Crippen molar-refractivity contribution in [1.29, 1.82) is 0 Å². The van der Waals surface area contributed by atoms with Crippen molar-refractivity contribution in [1.82, 2.24) is 14.5 Å². The molecule has 5 nitrogen and oxygen atoms in total. The first-order valence-electron chi connectivity index (χ1n) is 9.53. The van der Waals surface area contributed by atoms with Gasteiger partial charge in [-0.05, 0) is 62.9 Å². The standard InChI is InChI=1S/C22H25N3O2/c1-22(2,27)18-7-6-8-19(14-18)25-12-9-16-13-17(15-23-20(16)25)21(26)24-10-4-3-5-11-24/h6-9,12-15,27H,3-5,10-11H2,1-2H3. The molecule has 1 fully saturated rings. The molecule has 1 aliphatic heterocycles. The van der Waals surface area contributed by atoms with Crippen molar-refractivity contribution in [2.24, 2.45) is 0 Å².